The number of carboxylic acids is 1. The lowest BCUT2D eigenvalue weighted by atomic mass is 10.2. The Kier molecular flexibility index (Phi) is 5.67. The Hall–Kier alpha value is -1.26. The van der Waals surface area contributed by atoms with Crippen LogP contribution < -0.4 is 5.32 Å². The van der Waals surface area contributed by atoms with Crippen LogP contribution in [0.4, 0.5) is 0 Å². The molecule has 0 fully saturated rings. The maximum atomic E-state index is 10.7. The van der Waals surface area contributed by atoms with Crippen LogP contribution in [0.3, 0.4) is 0 Å². The van der Waals surface area contributed by atoms with Gasteiger partial charge in [-0.1, -0.05) is 42.5 Å². The maximum Gasteiger partial charge on any atom is 0.321 e. The van der Waals surface area contributed by atoms with Gasteiger partial charge in [0.05, 0.1) is 0 Å². The van der Waals surface area contributed by atoms with Gasteiger partial charge in [0.1, 0.15) is 6.04 Å². The van der Waals surface area contributed by atoms with E-state index in [1.54, 1.807) is 0 Å². The minimum Gasteiger partial charge on any atom is -0.480 e. The van der Waals surface area contributed by atoms with Gasteiger partial charge in [-0.05, 0) is 5.56 Å². The second kappa shape index (κ2) is 7.09. The van der Waals surface area contributed by atoms with Crippen molar-refractivity contribution in [3.8, 4) is 0 Å². The fourth-order valence-corrected chi connectivity index (χ4v) is 1.48. The van der Waals surface area contributed by atoms with Gasteiger partial charge < -0.3 is 10.4 Å². The van der Waals surface area contributed by atoms with Gasteiger partial charge in [0, 0.05) is 12.3 Å². The van der Waals surface area contributed by atoms with Gasteiger partial charge in [0.2, 0.25) is 0 Å². The van der Waals surface area contributed by atoms with Gasteiger partial charge in [0.15, 0.2) is 0 Å². The molecule has 0 saturated carbocycles. The summed E-state index contributed by atoms with van der Waals surface area (Å²) in [5.41, 5.74) is 1.10. The molecule has 0 aliphatic rings. The standard InChI is InChI=1S/C12H15NO2S/c14-12(15)11(9-16)13-8-4-7-10-5-2-1-3-6-10/h1-7,11,13,16H,8-9H2,(H,14,15)/b7-4+/t11-/m1/s1. The van der Waals surface area contributed by atoms with Gasteiger partial charge in [-0.15, -0.1) is 0 Å². The predicted octanol–water partition coefficient (Wildman–Crippen LogP) is 1.67. The Bertz CT molecular complexity index is 351. The molecule has 1 rings (SSSR count). The highest BCUT2D eigenvalue weighted by Crippen LogP contribution is 2.00. The fraction of sp³-hybridized carbons (Fsp3) is 0.250. The van der Waals surface area contributed by atoms with Gasteiger partial charge in [-0.2, -0.15) is 12.6 Å². The summed E-state index contributed by atoms with van der Waals surface area (Å²) >= 11 is 3.96. The van der Waals surface area contributed by atoms with Crippen molar-refractivity contribution in [2.75, 3.05) is 12.3 Å². The van der Waals surface area contributed by atoms with E-state index in [0.717, 1.165) is 5.56 Å². The lowest BCUT2D eigenvalue weighted by molar-refractivity contribution is -0.138. The monoisotopic (exact) mass is 237 g/mol. The van der Waals surface area contributed by atoms with Gasteiger partial charge in [-0.3, -0.25) is 4.79 Å². The number of thiol groups is 1. The zero-order valence-corrected chi connectivity index (χ0v) is 9.73. The molecule has 1 atom stereocenters. The third-order valence-corrected chi connectivity index (χ3v) is 2.44. The van der Waals surface area contributed by atoms with Crippen LogP contribution in [0, 0.1) is 0 Å². The average Bonchev–Trinajstić information content (AvgIpc) is 2.30. The molecular weight excluding hydrogens is 222 g/mol. The molecule has 1 aromatic rings. The third-order valence-electron chi connectivity index (χ3n) is 2.07. The number of carbonyl (C=O) groups is 1. The van der Waals surface area contributed by atoms with Crippen molar-refractivity contribution < 1.29 is 9.90 Å². The first-order valence-electron chi connectivity index (χ1n) is 5.02. The summed E-state index contributed by atoms with van der Waals surface area (Å²) in [7, 11) is 0. The molecule has 4 heteroatoms. The van der Waals surface area contributed by atoms with Crippen molar-refractivity contribution in [1.29, 1.82) is 0 Å². The molecule has 0 aliphatic heterocycles. The van der Waals surface area contributed by atoms with Crippen molar-refractivity contribution in [2.45, 2.75) is 6.04 Å². The lowest BCUT2D eigenvalue weighted by Gasteiger charge is -2.08. The summed E-state index contributed by atoms with van der Waals surface area (Å²) in [4.78, 5) is 10.7. The summed E-state index contributed by atoms with van der Waals surface area (Å²) in [6, 6.07) is 9.26. The van der Waals surface area contributed by atoms with Crippen LogP contribution >= 0.6 is 12.6 Å². The topological polar surface area (TPSA) is 49.3 Å². The average molecular weight is 237 g/mol. The zero-order chi connectivity index (χ0) is 11.8. The Morgan fingerprint density at radius 1 is 1.44 bits per heavy atom. The number of hydrogen-bond acceptors (Lipinski definition) is 3. The second-order valence-electron chi connectivity index (χ2n) is 3.29. The van der Waals surface area contributed by atoms with E-state index in [1.165, 1.54) is 0 Å². The summed E-state index contributed by atoms with van der Waals surface area (Å²) in [6.45, 7) is 0.520. The summed E-state index contributed by atoms with van der Waals surface area (Å²) in [5, 5.41) is 11.6. The molecule has 1 aromatic carbocycles. The fourth-order valence-electron chi connectivity index (χ4n) is 1.20. The Morgan fingerprint density at radius 2 is 2.12 bits per heavy atom. The molecule has 0 heterocycles. The summed E-state index contributed by atoms with van der Waals surface area (Å²) < 4.78 is 0. The number of nitrogens with one attached hydrogen (secondary N) is 1. The Morgan fingerprint density at radius 3 is 2.69 bits per heavy atom. The molecule has 0 unspecified atom stereocenters. The van der Waals surface area contributed by atoms with E-state index in [4.69, 9.17) is 5.11 Å². The molecule has 0 aliphatic carbocycles. The lowest BCUT2D eigenvalue weighted by Crippen LogP contribution is -2.38. The van der Waals surface area contributed by atoms with E-state index in [2.05, 4.69) is 17.9 Å². The molecule has 0 radical (unpaired) electrons. The predicted molar refractivity (Wildman–Crippen MR) is 68.8 cm³/mol. The van der Waals surface area contributed by atoms with Gasteiger partial charge >= 0.3 is 5.97 Å². The van der Waals surface area contributed by atoms with E-state index in [0.29, 0.717) is 6.54 Å². The summed E-state index contributed by atoms with van der Waals surface area (Å²) in [6.07, 6.45) is 3.85. The van der Waals surface area contributed by atoms with Crippen molar-refractivity contribution in [1.82, 2.24) is 5.32 Å². The molecule has 0 saturated heterocycles. The molecule has 16 heavy (non-hydrogen) atoms. The molecule has 0 spiro atoms. The molecule has 0 amide bonds. The Balaban J connectivity index is 2.35. The van der Waals surface area contributed by atoms with Crippen molar-refractivity contribution >= 4 is 24.7 Å². The van der Waals surface area contributed by atoms with Crippen LogP contribution in [0.1, 0.15) is 5.56 Å². The highest BCUT2D eigenvalue weighted by Gasteiger charge is 2.12. The van der Waals surface area contributed by atoms with Gasteiger partial charge in [0.25, 0.3) is 0 Å². The van der Waals surface area contributed by atoms with E-state index in [1.807, 2.05) is 42.5 Å². The van der Waals surface area contributed by atoms with Crippen molar-refractivity contribution in [2.24, 2.45) is 0 Å². The number of aliphatic carboxylic acids is 1. The number of hydrogen-bond donors (Lipinski definition) is 3. The minimum atomic E-state index is -0.872. The zero-order valence-electron chi connectivity index (χ0n) is 8.84. The first kappa shape index (κ1) is 12.8. The number of benzene rings is 1. The summed E-state index contributed by atoms with van der Waals surface area (Å²) in [5.74, 6) is -0.586. The largest absolute Gasteiger partial charge is 0.480 e. The van der Waals surface area contributed by atoms with Crippen LogP contribution in [0.15, 0.2) is 36.4 Å². The molecule has 2 N–H and O–H groups in total. The van der Waals surface area contributed by atoms with Crippen LogP contribution in [0.5, 0.6) is 0 Å². The molecule has 3 nitrogen and oxygen atoms in total. The van der Waals surface area contributed by atoms with E-state index >= 15 is 0 Å². The highest BCUT2D eigenvalue weighted by atomic mass is 32.1. The van der Waals surface area contributed by atoms with Crippen molar-refractivity contribution in [3.63, 3.8) is 0 Å². The molecule has 0 aromatic heterocycles. The highest BCUT2D eigenvalue weighted by molar-refractivity contribution is 7.80. The third kappa shape index (κ3) is 4.51. The minimum absolute atomic E-state index is 0.286. The normalized spacial score (nSPS) is 12.8. The smallest absolute Gasteiger partial charge is 0.321 e. The molecular formula is C12H15NO2S. The molecule has 0 bridgehead atoms. The van der Waals surface area contributed by atoms with E-state index in [9.17, 15) is 4.79 Å². The van der Waals surface area contributed by atoms with Crippen molar-refractivity contribution in [3.05, 3.63) is 42.0 Å². The SMILES string of the molecule is O=C(O)[C@@H](CS)NC/C=C/c1ccccc1. The van der Waals surface area contributed by atoms with E-state index in [-0.39, 0.29) is 5.75 Å². The maximum absolute atomic E-state index is 10.7. The number of rotatable bonds is 6. The van der Waals surface area contributed by atoms with Crippen LogP contribution in [-0.2, 0) is 4.79 Å². The van der Waals surface area contributed by atoms with Crippen LogP contribution in [0.25, 0.3) is 6.08 Å². The first-order chi connectivity index (χ1) is 7.74. The number of carboxylic acid groups (broad SMARTS) is 1. The Labute approximate surface area is 101 Å². The van der Waals surface area contributed by atoms with E-state index < -0.39 is 12.0 Å². The second-order valence-corrected chi connectivity index (χ2v) is 3.66. The van der Waals surface area contributed by atoms with Crippen LogP contribution in [0.2, 0.25) is 0 Å². The molecule has 86 valence electrons. The quantitative estimate of drug-likeness (QED) is 0.660. The first-order valence-corrected chi connectivity index (χ1v) is 5.66. The van der Waals surface area contributed by atoms with Crippen LogP contribution in [-0.4, -0.2) is 29.4 Å². The van der Waals surface area contributed by atoms with Gasteiger partial charge in [-0.25, -0.2) is 0 Å².